The number of cyclic esters (lactones) is 1. The Hall–Kier alpha value is -2.72. The van der Waals surface area contributed by atoms with E-state index in [9.17, 15) is 14.4 Å². The number of nitrogens with zero attached hydrogens (tertiary/aromatic N) is 3. The summed E-state index contributed by atoms with van der Waals surface area (Å²) in [6.07, 6.45) is 6.95. The molecule has 2 saturated heterocycles. The highest BCUT2D eigenvalue weighted by Gasteiger charge is 2.34. The summed E-state index contributed by atoms with van der Waals surface area (Å²) in [5.41, 5.74) is 3.66. The number of urea groups is 1. The van der Waals surface area contributed by atoms with Crippen LogP contribution in [-0.2, 0) is 20.9 Å². The van der Waals surface area contributed by atoms with E-state index in [0.29, 0.717) is 32.3 Å². The minimum atomic E-state index is -0.208. The number of hydrogen-bond acceptors (Lipinski definition) is 7. The molecule has 3 aliphatic rings. The largest absolute Gasteiger partial charge is 0.465 e. The molecule has 0 aliphatic carbocycles. The lowest BCUT2D eigenvalue weighted by Crippen LogP contribution is -2.52. The van der Waals surface area contributed by atoms with Crippen LogP contribution in [0.2, 0.25) is 0 Å². The summed E-state index contributed by atoms with van der Waals surface area (Å²) in [4.78, 5) is 47.2. The van der Waals surface area contributed by atoms with E-state index in [0.717, 1.165) is 81.4 Å². The fraction of sp³-hybridized carbons (Fsp3) is 0.697. The highest BCUT2D eigenvalue weighted by molar-refractivity contribution is 7.07. The number of piperidine rings is 1. The third kappa shape index (κ3) is 9.14. The molecule has 2 atom stereocenters. The number of carbonyl (C=O) groups excluding carboxylic acids is 3. The van der Waals surface area contributed by atoms with Gasteiger partial charge >= 0.3 is 12.0 Å². The fourth-order valence-corrected chi connectivity index (χ4v) is 7.59. The van der Waals surface area contributed by atoms with Crippen LogP contribution in [0.5, 0.6) is 0 Å². The number of thiophene rings is 1. The van der Waals surface area contributed by atoms with Crippen molar-refractivity contribution >= 4 is 35.0 Å². The number of aliphatic imine (C=N–C) groups is 1. The number of allylic oxidation sites excluding steroid dienone is 1. The zero-order valence-corrected chi connectivity index (χ0v) is 27.6. The van der Waals surface area contributed by atoms with Gasteiger partial charge in [-0.15, -0.1) is 0 Å². The molecule has 2 fully saturated rings. The smallest absolute Gasteiger partial charge is 0.317 e. The lowest BCUT2D eigenvalue weighted by atomic mass is 9.76. The molecule has 4 heterocycles. The first kappa shape index (κ1) is 33.2. The van der Waals surface area contributed by atoms with Crippen LogP contribution in [0.4, 0.5) is 4.79 Å². The van der Waals surface area contributed by atoms with Crippen LogP contribution >= 0.6 is 11.3 Å². The number of rotatable bonds is 13. The molecule has 2 N–H and O–H groups in total. The van der Waals surface area contributed by atoms with Gasteiger partial charge in [0.15, 0.2) is 0 Å². The molecule has 0 aromatic carbocycles. The van der Waals surface area contributed by atoms with Crippen LogP contribution in [0.3, 0.4) is 0 Å². The first-order valence-electron chi connectivity index (χ1n) is 16.0. The predicted molar refractivity (Wildman–Crippen MR) is 172 cm³/mol. The van der Waals surface area contributed by atoms with Crippen LogP contribution < -0.4 is 10.6 Å². The summed E-state index contributed by atoms with van der Waals surface area (Å²) < 4.78 is 5.06. The Morgan fingerprint density at radius 3 is 2.58 bits per heavy atom. The van der Waals surface area contributed by atoms with Gasteiger partial charge in [-0.1, -0.05) is 20.3 Å². The van der Waals surface area contributed by atoms with Crippen LogP contribution in [0.15, 0.2) is 33.1 Å². The Kier molecular flexibility index (Phi) is 11.8. The summed E-state index contributed by atoms with van der Waals surface area (Å²) in [5, 5.41) is 10.5. The Labute approximate surface area is 261 Å². The molecule has 1 aromatic rings. The van der Waals surface area contributed by atoms with Gasteiger partial charge in [-0.05, 0) is 88.1 Å². The molecule has 0 radical (unpaired) electrons. The molecule has 9 nitrogen and oxygen atoms in total. The minimum absolute atomic E-state index is 0.000726. The van der Waals surface area contributed by atoms with Crippen LogP contribution in [0.1, 0.15) is 91.5 Å². The van der Waals surface area contributed by atoms with Crippen molar-refractivity contribution in [1.82, 2.24) is 20.4 Å². The van der Waals surface area contributed by atoms with Gasteiger partial charge in [0.1, 0.15) is 0 Å². The Bertz CT molecular complexity index is 1170. The molecule has 1 unspecified atom stereocenters. The van der Waals surface area contributed by atoms with Crippen molar-refractivity contribution in [2.24, 2.45) is 16.3 Å². The van der Waals surface area contributed by atoms with Gasteiger partial charge < -0.3 is 25.2 Å². The van der Waals surface area contributed by atoms with Gasteiger partial charge in [-0.3, -0.25) is 14.6 Å². The average molecular weight is 614 g/mol. The quantitative estimate of drug-likeness (QED) is 0.225. The number of nitrogens with one attached hydrogen (secondary N) is 2. The molecule has 3 amide bonds. The van der Waals surface area contributed by atoms with E-state index in [-0.39, 0.29) is 35.3 Å². The molecule has 238 valence electrons. The van der Waals surface area contributed by atoms with Crippen molar-refractivity contribution in [2.45, 2.75) is 105 Å². The number of unbranched alkanes of at least 4 members (excludes halogenated alkanes) is 1. The second-order valence-electron chi connectivity index (χ2n) is 13.2. The first-order chi connectivity index (χ1) is 20.5. The van der Waals surface area contributed by atoms with Gasteiger partial charge in [0, 0.05) is 67.2 Å². The molecular formula is C33H51N5O4S. The molecule has 0 saturated carbocycles. The van der Waals surface area contributed by atoms with Crippen molar-refractivity contribution in [3.63, 3.8) is 0 Å². The van der Waals surface area contributed by atoms with Crippen molar-refractivity contribution in [3.8, 4) is 0 Å². The van der Waals surface area contributed by atoms with Crippen molar-refractivity contribution in [3.05, 3.63) is 33.7 Å². The van der Waals surface area contributed by atoms with Gasteiger partial charge in [0.25, 0.3) is 0 Å². The number of hydrogen-bond donors (Lipinski definition) is 2. The fourth-order valence-electron chi connectivity index (χ4n) is 6.93. The third-order valence-corrected chi connectivity index (χ3v) is 9.96. The number of ether oxygens (including phenoxy) is 1. The zero-order chi connectivity index (χ0) is 31.0. The molecule has 3 aliphatic heterocycles. The SMILES string of the molecule is CC1=NC(C)=C(C(=O)NCC[C@@H](C)N2CCC(N(Cc3ccsc3)C(=O)NCCCCC3CCOC3=O)CC2)C(C)(C)C1. The van der Waals surface area contributed by atoms with Gasteiger partial charge in [-0.2, -0.15) is 11.3 Å². The summed E-state index contributed by atoms with van der Waals surface area (Å²) in [6, 6.07) is 2.61. The van der Waals surface area contributed by atoms with Crippen molar-refractivity contribution in [1.29, 1.82) is 0 Å². The predicted octanol–water partition coefficient (Wildman–Crippen LogP) is 5.52. The van der Waals surface area contributed by atoms with Crippen molar-refractivity contribution < 1.29 is 19.1 Å². The normalized spacial score (nSPS) is 21.7. The zero-order valence-electron chi connectivity index (χ0n) is 26.7. The third-order valence-electron chi connectivity index (χ3n) is 9.23. The maximum absolute atomic E-state index is 13.4. The topological polar surface area (TPSA) is 103 Å². The highest BCUT2D eigenvalue weighted by atomic mass is 32.1. The summed E-state index contributed by atoms with van der Waals surface area (Å²) in [6.45, 7) is 14.7. The second kappa shape index (κ2) is 15.3. The number of esters is 1. The maximum atomic E-state index is 13.4. The Balaban J connectivity index is 1.22. The van der Waals surface area contributed by atoms with E-state index in [1.165, 1.54) is 5.56 Å². The molecule has 0 bridgehead atoms. The van der Waals surface area contributed by atoms with Crippen LogP contribution in [0.25, 0.3) is 0 Å². The second-order valence-corrected chi connectivity index (χ2v) is 13.9. The lowest BCUT2D eigenvalue weighted by molar-refractivity contribution is -0.141. The lowest BCUT2D eigenvalue weighted by Gasteiger charge is -2.40. The standard InChI is InChI=1S/C33H51N5O4S/c1-23-20-33(4,5)29(25(3)36-23)30(39)34-15-9-24(2)37-16-10-28(11-17-37)38(21-26-13-19-43-22-26)32(41)35-14-7-6-8-27-12-18-42-31(27)40/h13,19,22,24,27-28H,6-12,14-18,20-21H2,1-5H3,(H,34,39)(H,35,41)/t24-,27?/m1/s1. The van der Waals surface area contributed by atoms with Gasteiger partial charge in [-0.25, -0.2) is 4.79 Å². The van der Waals surface area contributed by atoms with E-state index in [1.807, 2.05) is 18.7 Å². The number of likely N-dealkylation sites (tertiary alicyclic amines) is 1. The van der Waals surface area contributed by atoms with E-state index in [2.05, 4.69) is 58.1 Å². The van der Waals surface area contributed by atoms with Crippen LogP contribution in [-0.4, -0.2) is 78.3 Å². The highest BCUT2D eigenvalue weighted by Crippen LogP contribution is 2.37. The van der Waals surface area contributed by atoms with E-state index in [1.54, 1.807) is 11.3 Å². The molecule has 1 aromatic heterocycles. The average Bonchev–Trinajstić information content (AvgIpc) is 3.62. The molecular weight excluding hydrogens is 562 g/mol. The summed E-state index contributed by atoms with van der Waals surface area (Å²) >= 11 is 1.66. The summed E-state index contributed by atoms with van der Waals surface area (Å²) in [7, 11) is 0. The van der Waals surface area contributed by atoms with E-state index >= 15 is 0 Å². The van der Waals surface area contributed by atoms with Crippen molar-refractivity contribution in [2.75, 3.05) is 32.8 Å². The van der Waals surface area contributed by atoms with Gasteiger partial charge in [0.2, 0.25) is 5.91 Å². The van der Waals surface area contributed by atoms with E-state index in [4.69, 9.17) is 4.74 Å². The Morgan fingerprint density at radius 2 is 1.93 bits per heavy atom. The van der Waals surface area contributed by atoms with Gasteiger partial charge in [0.05, 0.1) is 12.5 Å². The van der Waals surface area contributed by atoms with Crippen LogP contribution in [0, 0.1) is 11.3 Å². The maximum Gasteiger partial charge on any atom is 0.317 e. The monoisotopic (exact) mass is 613 g/mol. The molecule has 0 spiro atoms. The number of carbonyl (C=O) groups is 3. The first-order valence-corrected chi connectivity index (χ1v) is 17.0. The molecule has 4 rings (SSSR count). The minimum Gasteiger partial charge on any atom is -0.465 e. The summed E-state index contributed by atoms with van der Waals surface area (Å²) in [5.74, 6) is -0.0435. The molecule has 10 heteroatoms. The van der Waals surface area contributed by atoms with E-state index < -0.39 is 0 Å². The molecule has 43 heavy (non-hydrogen) atoms. The number of amides is 3. The Morgan fingerprint density at radius 1 is 1.16 bits per heavy atom.